The monoisotopic (exact) mass is 410 g/mol. The Hall–Kier alpha value is -2.00. The Morgan fingerprint density at radius 1 is 1.20 bits per heavy atom. The minimum absolute atomic E-state index is 0.218. The van der Waals surface area contributed by atoms with Crippen molar-refractivity contribution in [2.75, 3.05) is 24.5 Å². The predicted octanol–water partition coefficient (Wildman–Crippen LogP) is 1.48. The summed E-state index contributed by atoms with van der Waals surface area (Å²) in [5, 5.41) is 8.16. The second kappa shape index (κ2) is 8.63. The van der Waals surface area contributed by atoms with Crippen molar-refractivity contribution < 1.29 is 0 Å². The molecule has 4 unspecified atom stereocenters. The maximum atomic E-state index is 6.17. The van der Waals surface area contributed by atoms with Crippen molar-refractivity contribution in [3.63, 3.8) is 0 Å². The van der Waals surface area contributed by atoms with E-state index in [1.54, 1.807) is 0 Å². The second-order valence-electron chi connectivity index (χ2n) is 8.96. The number of hydrazine groups is 1. The van der Waals surface area contributed by atoms with Crippen LogP contribution in [0.2, 0.25) is 0 Å². The summed E-state index contributed by atoms with van der Waals surface area (Å²) in [5.41, 5.74) is 15.6. The molecule has 2 aromatic heterocycles. The van der Waals surface area contributed by atoms with Crippen molar-refractivity contribution in [2.24, 2.45) is 11.7 Å². The van der Waals surface area contributed by atoms with Crippen molar-refractivity contribution in [2.45, 2.75) is 63.3 Å². The lowest BCUT2D eigenvalue weighted by atomic mass is 9.82. The third-order valence-corrected chi connectivity index (χ3v) is 7.01. The number of hydrogen-bond donors (Lipinski definition) is 4. The molecule has 2 aromatic rings. The van der Waals surface area contributed by atoms with Crippen LogP contribution in [0.3, 0.4) is 0 Å². The van der Waals surface area contributed by atoms with Crippen molar-refractivity contribution in [1.29, 1.82) is 0 Å². The van der Waals surface area contributed by atoms with E-state index < -0.39 is 0 Å². The van der Waals surface area contributed by atoms with Crippen LogP contribution in [0.5, 0.6) is 0 Å². The number of pyridine rings is 1. The van der Waals surface area contributed by atoms with Crippen LogP contribution in [0, 0.1) is 5.92 Å². The van der Waals surface area contributed by atoms with E-state index in [-0.39, 0.29) is 6.04 Å². The molecule has 3 aliphatic rings. The first-order valence-electron chi connectivity index (χ1n) is 11.5. The molecule has 0 radical (unpaired) electrons. The summed E-state index contributed by atoms with van der Waals surface area (Å²) in [6.07, 6.45) is 8.53. The lowest BCUT2D eigenvalue weighted by Crippen LogP contribution is -2.46. The Labute approximate surface area is 178 Å². The third-order valence-electron chi connectivity index (χ3n) is 7.01. The van der Waals surface area contributed by atoms with E-state index in [0.717, 1.165) is 63.4 Å². The van der Waals surface area contributed by atoms with Gasteiger partial charge in [0.1, 0.15) is 5.82 Å². The van der Waals surface area contributed by atoms with Crippen LogP contribution in [0.15, 0.2) is 30.6 Å². The molecule has 5 N–H and O–H groups in total. The fraction of sp³-hybridized carbons (Fsp3) is 0.636. The van der Waals surface area contributed by atoms with Crippen LogP contribution in [0.1, 0.15) is 55.9 Å². The lowest BCUT2D eigenvalue weighted by molar-refractivity contribution is 0.265. The molecule has 3 aliphatic heterocycles. The van der Waals surface area contributed by atoms with Crippen molar-refractivity contribution in [3.8, 4) is 0 Å². The number of fused-ring (bicyclic) bond motifs is 1. The van der Waals surface area contributed by atoms with Gasteiger partial charge in [-0.3, -0.25) is 10.1 Å². The molecular formula is C22H34N8. The number of anilines is 1. The summed E-state index contributed by atoms with van der Waals surface area (Å²) in [6.45, 7) is 6.01. The van der Waals surface area contributed by atoms with E-state index in [4.69, 9.17) is 10.7 Å². The number of aryl methyl sites for hydroxylation is 1. The zero-order valence-corrected chi connectivity index (χ0v) is 17.8. The topological polar surface area (TPSA) is 96.1 Å². The molecule has 0 spiro atoms. The molecular weight excluding hydrogens is 376 g/mol. The SMILES string of the molecule is CCn1cc(C2CC3C(CN2)NNC3c2cccc(N3CCC[C@H](N)CC3)n2)cn1. The van der Waals surface area contributed by atoms with Crippen LogP contribution in [0.4, 0.5) is 5.82 Å². The minimum Gasteiger partial charge on any atom is -0.357 e. The lowest BCUT2D eigenvalue weighted by Gasteiger charge is -2.34. The zero-order chi connectivity index (χ0) is 20.5. The average molecular weight is 411 g/mol. The molecule has 3 saturated heterocycles. The molecule has 0 aliphatic carbocycles. The van der Waals surface area contributed by atoms with Crippen molar-refractivity contribution >= 4 is 5.82 Å². The summed E-state index contributed by atoms with van der Waals surface area (Å²) >= 11 is 0. The Morgan fingerprint density at radius 2 is 2.13 bits per heavy atom. The molecule has 3 fully saturated rings. The number of rotatable bonds is 4. The summed E-state index contributed by atoms with van der Waals surface area (Å²) in [7, 11) is 0. The summed E-state index contributed by atoms with van der Waals surface area (Å²) in [5.74, 6) is 1.57. The third kappa shape index (κ3) is 3.97. The first kappa shape index (κ1) is 19.9. The molecule has 0 amide bonds. The maximum Gasteiger partial charge on any atom is 0.128 e. The second-order valence-corrected chi connectivity index (χ2v) is 8.96. The number of piperidine rings is 1. The smallest absolute Gasteiger partial charge is 0.128 e. The highest BCUT2D eigenvalue weighted by atomic mass is 15.4. The first-order chi connectivity index (χ1) is 14.7. The largest absolute Gasteiger partial charge is 0.357 e. The van der Waals surface area contributed by atoms with Gasteiger partial charge >= 0.3 is 0 Å². The Morgan fingerprint density at radius 3 is 3.00 bits per heavy atom. The highest BCUT2D eigenvalue weighted by Gasteiger charge is 2.42. The molecule has 8 nitrogen and oxygen atoms in total. The number of hydrogen-bond acceptors (Lipinski definition) is 7. The first-order valence-corrected chi connectivity index (χ1v) is 11.5. The van der Waals surface area contributed by atoms with Gasteiger partial charge in [-0.2, -0.15) is 5.10 Å². The molecule has 0 aromatic carbocycles. The standard InChI is InChI=1S/C22H34N8/c1-2-30-14-15(12-25-30)19-11-17-20(13-24-19)27-28-22(17)18-6-3-7-21(26-18)29-9-4-5-16(23)8-10-29/h3,6-7,12,14,16-17,19-20,22,24,27-28H,2,4-5,8-11,13,23H2,1H3/t16-,17?,19?,20?,22?/m0/s1. The number of nitrogens with one attached hydrogen (secondary N) is 3. The van der Waals surface area contributed by atoms with Gasteiger partial charge in [0.25, 0.3) is 0 Å². The molecule has 5 atom stereocenters. The van der Waals surface area contributed by atoms with Gasteiger partial charge < -0.3 is 16.0 Å². The van der Waals surface area contributed by atoms with Gasteiger partial charge in [0.05, 0.1) is 17.9 Å². The van der Waals surface area contributed by atoms with E-state index >= 15 is 0 Å². The van der Waals surface area contributed by atoms with Gasteiger partial charge in [-0.05, 0) is 44.7 Å². The zero-order valence-electron chi connectivity index (χ0n) is 17.8. The van der Waals surface area contributed by atoms with E-state index in [1.807, 2.05) is 10.9 Å². The Balaban J connectivity index is 1.33. The molecule has 30 heavy (non-hydrogen) atoms. The van der Waals surface area contributed by atoms with E-state index in [0.29, 0.717) is 24.0 Å². The van der Waals surface area contributed by atoms with Crippen LogP contribution in [-0.2, 0) is 6.54 Å². The fourth-order valence-corrected chi connectivity index (χ4v) is 5.19. The van der Waals surface area contributed by atoms with Gasteiger partial charge in [-0.25, -0.2) is 10.4 Å². The van der Waals surface area contributed by atoms with Crippen LogP contribution in [0.25, 0.3) is 0 Å². The van der Waals surface area contributed by atoms with Crippen LogP contribution >= 0.6 is 0 Å². The van der Waals surface area contributed by atoms with Gasteiger partial charge in [0.15, 0.2) is 0 Å². The van der Waals surface area contributed by atoms with Gasteiger partial charge in [-0.15, -0.1) is 0 Å². The quantitative estimate of drug-likeness (QED) is 0.606. The Bertz CT molecular complexity index is 851. The molecule has 162 valence electrons. The van der Waals surface area contributed by atoms with Crippen molar-refractivity contribution in [3.05, 3.63) is 41.9 Å². The van der Waals surface area contributed by atoms with Crippen molar-refractivity contribution in [1.82, 2.24) is 30.9 Å². The van der Waals surface area contributed by atoms with Gasteiger partial charge in [0.2, 0.25) is 0 Å². The number of nitrogens with two attached hydrogens (primary N) is 1. The van der Waals surface area contributed by atoms with Crippen LogP contribution in [-0.4, -0.2) is 46.5 Å². The van der Waals surface area contributed by atoms with Gasteiger partial charge in [-0.1, -0.05) is 6.07 Å². The number of nitrogens with zero attached hydrogens (tertiary/aromatic N) is 4. The highest BCUT2D eigenvalue weighted by Crippen LogP contribution is 2.38. The van der Waals surface area contributed by atoms with E-state index in [1.165, 1.54) is 5.56 Å². The van der Waals surface area contributed by atoms with Crippen LogP contribution < -0.4 is 26.8 Å². The normalized spacial score (nSPS) is 32.1. The molecule has 0 saturated carbocycles. The van der Waals surface area contributed by atoms with Gasteiger partial charge in [0, 0.05) is 62.0 Å². The molecule has 5 rings (SSSR count). The number of aromatic nitrogens is 3. The summed E-state index contributed by atoms with van der Waals surface area (Å²) in [6, 6.07) is 7.76. The summed E-state index contributed by atoms with van der Waals surface area (Å²) < 4.78 is 2.00. The molecule has 5 heterocycles. The highest BCUT2D eigenvalue weighted by molar-refractivity contribution is 5.40. The average Bonchev–Trinajstić information content (AvgIpc) is 3.37. The Kier molecular flexibility index (Phi) is 5.73. The fourth-order valence-electron chi connectivity index (χ4n) is 5.19. The summed E-state index contributed by atoms with van der Waals surface area (Å²) in [4.78, 5) is 7.50. The van der Waals surface area contributed by atoms with E-state index in [9.17, 15) is 0 Å². The predicted molar refractivity (Wildman–Crippen MR) is 118 cm³/mol. The van der Waals surface area contributed by atoms with E-state index in [2.05, 4.69) is 57.5 Å². The maximum absolute atomic E-state index is 6.17. The minimum atomic E-state index is 0.218. The molecule has 0 bridgehead atoms. The molecule has 8 heteroatoms.